The molecule has 0 amide bonds. The average Bonchev–Trinajstić information content (AvgIpc) is 2.95. The fraction of sp³-hybridized carbons (Fsp3) is 0.350. The number of Topliss-reactive ketones (excluding diaryl/α,β-unsaturated/α-hetero) is 2. The van der Waals surface area contributed by atoms with E-state index in [0.717, 1.165) is 0 Å². The number of hydrogen-bond donors (Lipinski definition) is 2. The fourth-order valence-electron chi connectivity index (χ4n) is 3.05. The van der Waals surface area contributed by atoms with Crippen molar-refractivity contribution in [2.24, 2.45) is 0 Å². The zero-order chi connectivity index (χ0) is 21.9. The van der Waals surface area contributed by atoms with E-state index >= 15 is 0 Å². The highest BCUT2D eigenvalue weighted by atomic mass is 32.2. The van der Waals surface area contributed by atoms with Gasteiger partial charge >= 0.3 is 5.97 Å². The number of esters is 1. The summed E-state index contributed by atoms with van der Waals surface area (Å²) in [6.07, 6.45) is -1.09. The normalized spacial score (nSPS) is 12.4. The summed E-state index contributed by atoms with van der Waals surface area (Å²) in [5.41, 5.74) is 1.88. The lowest BCUT2D eigenvalue weighted by Crippen LogP contribution is -2.25. The lowest BCUT2D eigenvalue weighted by Gasteiger charge is -2.12. The topological polar surface area (TPSA) is 122 Å². The third kappa shape index (κ3) is 4.80. The predicted molar refractivity (Wildman–Crippen MR) is 107 cm³/mol. The highest BCUT2D eigenvalue weighted by Gasteiger charge is 2.26. The van der Waals surface area contributed by atoms with E-state index in [1.165, 1.54) is 38.1 Å². The Balaban J connectivity index is 2.16. The first kappa shape index (κ1) is 22.5. The molecule has 29 heavy (non-hydrogen) atoms. The predicted octanol–water partition coefficient (Wildman–Crippen LogP) is 2.56. The summed E-state index contributed by atoms with van der Waals surface area (Å²) in [7, 11) is -3.63. The molecule has 0 radical (unpaired) electrons. The van der Waals surface area contributed by atoms with Crippen LogP contribution in [0.3, 0.4) is 0 Å². The number of aryl methyl sites for hydroxylation is 1. The summed E-state index contributed by atoms with van der Waals surface area (Å²) in [5.74, 6) is -1.38. The number of aromatic amines is 1. The van der Waals surface area contributed by atoms with Gasteiger partial charge in [-0.15, -0.1) is 0 Å². The first-order valence-corrected chi connectivity index (χ1v) is 10.5. The van der Waals surface area contributed by atoms with Gasteiger partial charge in [-0.05, 0) is 57.5 Å². The number of nitrogens with one attached hydrogen (secondary N) is 2. The van der Waals surface area contributed by atoms with Crippen LogP contribution in [0, 0.1) is 13.8 Å². The second kappa shape index (κ2) is 8.71. The first-order valence-electron chi connectivity index (χ1n) is 9.04. The Kier molecular flexibility index (Phi) is 6.76. The number of ketones is 2. The molecule has 1 aromatic heterocycles. The molecular formula is C20H24N2O6S. The molecule has 1 heterocycles. The Labute approximate surface area is 169 Å². The minimum absolute atomic E-state index is 0.0225. The minimum atomic E-state index is -3.63. The summed E-state index contributed by atoms with van der Waals surface area (Å²) in [4.78, 5) is 39.7. The molecule has 0 aliphatic carbocycles. The molecule has 2 rings (SSSR count). The number of sulfonamides is 1. The number of rotatable bonds is 8. The van der Waals surface area contributed by atoms with E-state index in [4.69, 9.17) is 4.74 Å². The molecule has 9 heteroatoms. The van der Waals surface area contributed by atoms with Gasteiger partial charge in [0.2, 0.25) is 15.8 Å². The van der Waals surface area contributed by atoms with Gasteiger partial charge in [-0.25, -0.2) is 17.9 Å². The summed E-state index contributed by atoms with van der Waals surface area (Å²) in [6, 6.07) is 5.22. The largest absolute Gasteiger partial charge is 0.451 e. The van der Waals surface area contributed by atoms with Gasteiger partial charge in [-0.3, -0.25) is 9.59 Å². The molecule has 0 spiro atoms. The van der Waals surface area contributed by atoms with Gasteiger partial charge in [-0.1, -0.05) is 6.92 Å². The zero-order valence-electron chi connectivity index (χ0n) is 17.0. The van der Waals surface area contributed by atoms with Crippen molar-refractivity contribution in [2.45, 2.75) is 45.6 Å². The summed E-state index contributed by atoms with van der Waals surface area (Å²) >= 11 is 0. The third-order valence-corrected chi connectivity index (χ3v) is 5.99. The second-order valence-electron chi connectivity index (χ2n) is 6.62. The smallest absolute Gasteiger partial charge is 0.338 e. The molecule has 1 aromatic carbocycles. The van der Waals surface area contributed by atoms with Gasteiger partial charge in [0, 0.05) is 17.8 Å². The Morgan fingerprint density at radius 3 is 2.21 bits per heavy atom. The minimum Gasteiger partial charge on any atom is -0.451 e. The van der Waals surface area contributed by atoms with Crippen molar-refractivity contribution in [1.29, 1.82) is 0 Å². The number of aromatic nitrogens is 1. The molecule has 2 aromatic rings. The number of benzene rings is 1. The lowest BCUT2D eigenvalue weighted by atomic mass is 10.0. The lowest BCUT2D eigenvalue weighted by molar-refractivity contribution is 0.0317. The van der Waals surface area contributed by atoms with E-state index in [9.17, 15) is 22.8 Å². The van der Waals surface area contributed by atoms with Crippen LogP contribution in [0.2, 0.25) is 0 Å². The van der Waals surface area contributed by atoms with Gasteiger partial charge < -0.3 is 9.72 Å². The van der Waals surface area contributed by atoms with Crippen LogP contribution in [0.1, 0.15) is 63.2 Å². The zero-order valence-corrected chi connectivity index (χ0v) is 17.8. The van der Waals surface area contributed by atoms with Crippen LogP contribution in [0.15, 0.2) is 29.2 Å². The highest BCUT2D eigenvalue weighted by Crippen LogP contribution is 2.21. The molecule has 2 N–H and O–H groups in total. The maximum atomic E-state index is 12.7. The molecule has 8 nitrogen and oxygen atoms in total. The number of ether oxygens (including phenoxy) is 1. The van der Waals surface area contributed by atoms with E-state index in [-0.39, 0.29) is 28.5 Å². The van der Waals surface area contributed by atoms with Crippen LogP contribution < -0.4 is 4.72 Å². The first-order chi connectivity index (χ1) is 13.5. The van der Waals surface area contributed by atoms with Gasteiger partial charge in [-0.2, -0.15) is 0 Å². The van der Waals surface area contributed by atoms with Gasteiger partial charge in [0.05, 0.1) is 16.2 Å². The molecule has 0 bridgehead atoms. The molecule has 0 aliphatic rings. The molecular weight excluding hydrogens is 396 g/mol. The van der Waals surface area contributed by atoms with Gasteiger partial charge in [0.1, 0.15) is 0 Å². The fourth-order valence-corrected chi connectivity index (χ4v) is 4.09. The van der Waals surface area contributed by atoms with Crippen molar-refractivity contribution >= 4 is 27.6 Å². The maximum absolute atomic E-state index is 12.7. The van der Waals surface area contributed by atoms with Crippen LogP contribution in [-0.4, -0.2) is 43.6 Å². The number of carbonyl (C=O) groups excluding carboxylic acids is 3. The van der Waals surface area contributed by atoms with Crippen LogP contribution in [0.25, 0.3) is 0 Å². The number of carbonyl (C=O) groups is 3. The van der Waals surface area contributed by atoms with Crippen LogP contribution in [-0.2, 0) is 14.8 Å². The monoisotopic (exact) mass is 420 g/mol. The van der Waals surface area contributed by atoms with Crippen molar-refractivity contribution in [2.75, 3.05) is 6.54 Å². The highest BCUT2D eigenvalue weighted by molar-refractivity contribution is 7.89. The number of hydrogen-bond acceptors (Lipinski definition) is 6. The second-order valence-corrected chi connectivity index (χ2v) is 8.39. The van der Waals surface area contributed by atoms with E-state index in [0.29, 0.717) is 16.8 Å². The Morgan fingerprint density at radius 2 is 1.72 bits per heavy atom. The van der Waals surface area contributed by atoms with Crippen molar-refractivity contribution in [3.05, 3.63) is 52.3 Å². The van der Waals surface area contributed by atoms with Crippen molar-refractivity contribution in [1.82, 2.24) is 9.71 Å². The van der Waals surface area contributed by atoms with E-state index in [1.54, 1.807) is 20.8 Å². The molecule has 0 unspecified atom stereocenters. The molecule has 1 atom stereocenters. The summed E-state index contributed by atoms with van der Waals surface area (Å²) < 4.78 is 31.5. The quantitative estimate of drug-likeness (QED) is 0.500. The maximum Gasteiger partial charge on any atom is 0.338 e. The molecule has 0 saturated heterocycles. The molecule has 0 saturated carbocycles. The van der Waals surface area contributed by atoms with Crippen molar-refractivity contribution in [3.8, 4) is 0 Å². The van der Waals surface area contributed by atoms with E-state index < -0.39 is 27.9 Å². The van der Waals surface area contributed by atoms with Crippen LogP contribution >= 0.6 is 0 Å². The third-order valence-electron chi connectivity index (χ3n) is 4.42. The SMILES string of the molecule is CCNS(=O)(=O)c1ccc(C(=O)O[C@@H](C)C(=O)c2[nH]c(C)c(C(C)=O)c2C)cc1. The Hall–Kier alpha value is -2.78. The molecule has 156 valence electrons. The van der Waals surface area contributed by atoms with Gasteiger partial charge in [0.25, 0.3) is 0 Å². The average molecular weight is 420 g/mol. The summed E-state index contributed by atoms with van der Waals surface area (Å²) in [6.45, 7) is 8.11. The van der Waals surface area contributed by atoms with Crippen molar-refractivity contribution < 1.29 is 27.5 Å². The molecule has 0 fully saturated rings. The number of H-pyrrole nitrogens is 1. The van der Waals surface area contributed by atoms with E-state index in [2.05, 4.69) is 9.71 Å². The van der Waals surface area contributed by atoms with Crippen LogP contribution in [0.5, 0.6) is 0 Å². The van der Waals surface area contributed by atoms with Gasteiger partial charge in [0.15, 0.2) is 11.9 Å². The summed E-state index contributed by atoms with van der Waals surface area (Å²) in [5, 5.41) is 0. The van der Waals surface area contributed by atoms with E-state index in [1.807, 2.05) is 0 Å². The Morgan fingerprint density at radius 1 is 1.14 bits per heavy atom. The Bertz CT molecular complexity index is 1050. The van der Waals surface area contributed by atoms with Crippen molar-refractivity contribution in [3.63, 3.8) is 0 Å². The standard InChI is InChI=1S/C20H24N2O6S/c1-6-21-29(26,27)16-9-7-15(8-10-16)20(25)28-14(5)19(24)18-11(2)17(13(4)23)12(3)22-18/h7-10,14,21-22H,6H2,1-5H3/t14-/m0/s1. The van der Waals surface area contributed by atoms with Crippen LogP contribution in [0.4, 0.5) is 0 Å². The molecule has 0 aliphatic heterocycles.